The molecule has 0 aliphatic heterocycles. The van der Waals surface area contributed by atoms with Crippen LogP contribution in [0.5, 0.6) is 11.5 Å². The lowest BCUT2D eigenvalue weighted by atomic mass is 10.0. The SMILES string of the molecule is O=Cc1cc(O)cc(-c2ccc(OCc3ccccc3)cc2)c1. The molecule has 3 aromatic carbocycles. The minimum absolute atomic E-state index is 0.0778. The highest BCUT2D eigenvalue weighted by molar-refractivity contribution is 5.80. The van der Waals surface area contributed by atoms with Crippen LogP contribution >= 0.6 is 0 Å². The molecule has 0 unspecified atom stereocenters. The lowest BCUT2D eigenvalue weighted by Gasteiger charge is -2.08. The number of benzene rings is 3. The van der Waals surface area contributed by atoms with Gasteiger partial charge in [-0.05, 0) is 47.0 Å². The molecule has 3 nitrogen and oxygen atoms in total. The summed E-state index contributed by atoms with van der Waals surface area (Å²) >= 11 is 0. The van der Waals surface area contributed by atoms with E-state index in [0.717, 1.165) is 28.7 Å². The van der Waals surface area contributed by atoms with Gasteiger partial charge in [-0.25, -0.2) is 0 Å². The number of phenols is 1. The van der Waals surface area contributed by atoms with Crippen LogP contribution in [-0.2, 0) is 6.61 Å². The summed E-state index contributed by atoms with van der Waals surface area (Å²) in [6, 6.07) is 22.3. The molecule has 0 aliphatic carbocycles. The van der Waals surface area contributed by atoms with Crippen LogP contribution in [0.1, 0.15) is 15.9 Å². The monoisotopic (exact) mass is 304 g/mol. The van der Waals surface area contributed by atoms with E-state index in [0.29, 0.717) is 12.2 Å². The summed E-state index contributed by atoms with van der Waals surface area (Å²) in [7, 11) is 0. The van der Waals surface area contributed by atoms with Gasteiger partial charge in [0, 0.05) is 5.56 Å². The average Bonchev–Trinajstić information content (AvgIpc) is 2.60. The van der Waals surface area contributed by atoms with E-state index in [-0.39, 0.29) is 5.75 Å². The molecular weight excluding hydrogens is 288 g/mol. The maximum absolute atomic E-state index is 10.9. The van der Waals surface area contributed by atoms with Gasteiger partial charge in [0.05, 0.1) is 0 Å². The van der Waals surface area contributed by atoms with Gasteiger partial charge in [0.2, 0.25) is 0 Å². The van der Waals surface area contributed by atoms with Crippen LogP contribution in [0.2, 0.25) is 0 Å². The minimum atomic E-state index is 0.0778. The molecule has 114 valence electrons. The smallest absolute Gasteiger partial charge is 0.150 e. The minimum Gasteiger partial charge on any atom is -0.508 e. The lowest BCUT2D eigenvalue weighted by Crippen LogP contribution is -1.94. The highest BCUT2D eigenvalue weighted by Crippen LogP contribution is 2.27. The maximum Gasteiger partial charge on any atom is 0.150 e. The van der Waals surface area contributed by atoms with E-state index >= 15 is 0 Å². The first-order valence-corrected chi connectivity index (χ1v) is 7.31. The van der Waals surface area contributed by atoms with E-state index in [9.17, 15) is 9.90 Å². The third-order valence-electron chi connectivity index (χ3n) is 3.51. The third-order valence-corrected chi connectivity index (χ3v) is 3.51. The highest BCUT2D eigenvalue weighted by Gasteiger charge is 2.03. The first-order valence-electron chi connectivity index (χ1n) is 7.31. The second kappa shape index (κ2) is 6.79. The molecule has 0 aromatic heterocycles. The Morgan fingerprint density at radius 1 is 0.870 bits per heavy atom. The van der Waals surface area contributed by atoms with Gasteiger partial charge in [-0.1, -0.05) is 42.5 Å². The average molecular weight is 304 g/mol. The molecule has 1 N–H and O–H groups in total. The normalized spacial score (nSPS) is 10.3. The Morgan fingerprint density at radius 3 is 2.30 bits per heavy atom. The third kappa shape index (κ3) is 3.77. The molecule has 0 fully saturated rings. The molecule has 3 rings (SSSR count). The van der Waals surface area contributed by atoms with Gasteiger partial charge in [0.1, 0.15) is 24.4 Å². The number of aromatic hydroxyl groups is 1. The highest BCUT2D eigenvalue weighted by atomic mass is 16.5. The fourth-order valence-corrected chi connectivity index (χ4v) is 2.35. The summed E-state index contributed by atoms with van der Waals surface area (Å²) in [6.07, 6.45) is 0.723. The number of rotatable bonds is 5. The summed E-state index contributed by atoms with van der Waals surface area (Å²) in [4.78, 5) is 10.9. The second-order valence-corrected chi connectivity index (χ2v) is 5.23. The van der Waals surface area contributed by atoms with Crippen LogP contribution in [0, 0.1) is 0 Å². The zero-order valence-electron chi connectivity index (χ0n) is 12.5. The Bertz CT molecular complexity index is 793. The number of aldehydes is 1. The van der Waals surface area contributed by atoms with E-state index in [1.54, 1.807) is 12.1 Å². The topological polar surface area (TPSA) is 46.5 Å². The van der Waals surface area contributed by atoms with Crippen LogP contribution in [-0.4, -0.2) is 11.4 Å². The van der Waals surface area contributed by atoms with Crippen LogP contribution < -0.4 is 4.74 Å². The fourth-order valence-electron chi connectivity index (χ4n) is 2.35. The van der Waals surface area contributed by atoms with Crippen LogP contribution in [0.3, 0.4) is 0 Å². The van der Waals surface area contributed by atoms with Gasteiger partial charge >= 0.3 is 0 Å². The summed E-state index contributed by atoms with van der Waals surface area (Å²) in [6.45, 7) is 0.515. The van der Waals surface area contributed by atoms with Crippen molar-refractivity contribution in [2.75, 3.05) is 0 Å². The van der Waals surface area contributed by atoms with Gasteiger partial charge in [-0.3, -0.25) is 4.79 Å². The van der Waals surface area contributed by atoms with Crippen molar-refractivity contribution >= 4 is 6.29 Å². The van der Waals surface area contributed by atoms with Gasteiger partial charge in [-0.2, -0.15) is 0 Å². The maximum atomic E-state index is 10.9. The molecule has 3 aromatic rings. The van der Waals surface area contributed by atoms with Gasteiger partial charge in [0.15, 0.2) is 0 Å². The zero-order valence-corrected chi connectivity index (χ0v) is 12.5. The molecule has 0 saturated carbocycles. The van der Waals surface area contributed by atoms with Crippen molar-refractivity contribution < 1.29 is 14.6 Å². The van der Waals surface area contributed by atoms with Crippen molar-refractivity contribution in [3.8, 4) is 22.6 Å². The lowest BCUT2D eigenvalue weighted by molar-refractivity contribution is 0.112. The van der Waals surface area contributed by atoms with E-state index in [4.69, 9.17) is 4.74 Å². The van der Waals surface area contributed by atoms with Crippen LogP contribution in [0.25, 0.3) is 11.1 Å². The van der Waals surface area contributed by atoms with E-state index < -0.39 is 0 Å². The Morgan fingerprint density at radius 2 is 1.61 bits per heavy atom. The van der Waals surface area contributed by atoms with E-state index in [1.807, 2.05) is 54.6 Å². The standard InChI is InChI=1S/C20H16O3/c21-13-16-10-18(12-19(22)11-16)17-6-8-20(9-7-17)23-14-15-4-2-1-3-5-15/h1-13,22H,14H2. The van der Waals surface area contributed by atoms with Crippen molar-refractivity contribution in [1.29, 1.82) is 0 Å². The van der Waals surface area contributed by atoms with Gasteiger partial charge in [0.25, 0.3) is 0 Å². The molecular formula is C20H16O3. The molecule has 0 aliphatic rings. The summed E-state index contributed by atoms with van der Waals surface area (Å²) in [5.41, 5.74) is 3.27. The van der Waals surface area contributed by atoms with Crippen molar-refractivity contribution in [3.05, 3.63) is 83.9 Å². The molecule has 0 amide bonds. The predicted molar refractivity (Wildman–Crippen MR) is 89.7 cm³/mol. The van der Waals surface area contributed by atoms with Gasteiger partial charge < -0.3 is 9.84 Å². The summed E-state index contributed by atoms with van der Waals surface area (Å²) < 4.78 is 5.75. The molecule has 0 atom stereocenters. The van der Waals surface area contributed by atoms with Crippen molar-refractivity contribution in [2.24, 2.45) is 0 Å². The molecule has 23 heavy (non-hydrogen) atoms. The number of carbonyl (C=O) groups is 1. The number of phenolic OH excluding ortho intramolecular Hbond substituents is 1. The number of hydrogen-bond donors (Lipinski definition) is 1. The Kier molecular flexibility index (Phi) is 4.39. The number of hydrogen-bond acceptors (Lipinski definition) is 3. The van der Waals surface area contributed by atoms with Crippen molar-refractivity contribution in [2.45, 2.75) is 6.61 Å². The van der Waals surface area contributed by atoms with Crippen molar-refractivity contribution in [1.82, 2.24) is 0 Å². The van der Waals surface area contributed by atoms with Crippen LogP contribution in [0.15, 0.2) is 72.8 Å². The summed E-state index contributed by atoms with van der Waals surface area (Å²) in [5.74, 6) is 0.849. The Balaban J connectivity index is 1.74. The molecule has 0 saturated heterocycles. The second-order valence-electron chi connectivity index (χ2n) is 5.23. The summed E-state index contributed by atoms with van der Waals surface area (Å²) in [5, 5.41) is 9.67. The van der Waals surface area contributed by atoms with Gasteiger partial charge in [-0.15, -0.1) is 0 Å². The molecule has 0 heterocycles. The fraction of sp³-hybridized carbons (Fsp3) is 0.0500. The Hall–Kier alpha value is -3.07. The van der Waals surface area contributed by atoms with Crippen LogP contribution in [0.4, 0.5) is 0 Å². The molecule has 0 spiro atoms. The van der Waals surface area contributed by atoms with E-state index in [1.165, 1.54) is 6.07 Å². The molecule has 0 bridgehead atoms. The number of ether oxygens (including phenoxy) is 1. The zero-order chi connectivity index (χ0) is 16.1. The first kappa shape index (κ1) is 14.9. The largest absolute Gasteiger partial charge is 0.508 e. The molecule has 0 radical (unpaired) electrons. The predicted octanol–water partition coefficient (Wildman–Crippen LogP) is 4.45. The van der Waals surface area contributed by atoms with Crippen molar-refractivity contribution in [3.63, 3.8) is 0 Å². The first-order chi connectivity index (χ1) is 11.2. The number of carbonyl (C=O) groups excluding carboxylic acids is 1. The quantitative estimate of drug-likeness (QED) is 0.708. The van der Waals surface area contributed by atoms with E-state index in [2.05, 4.69) is 0 Å². The Labute approximate surface area is 134 Å². The molecule has 3 heteroatoms.